The fourth-order valence-electron chi connectivity index (χ4n) is 1.91. The van der Waals surface area contributed by atoms with Crippen LogP contribution in [0.25, 0.3) is 5.69 Å². The summed E-state index contributed by atoms with van der Waals surface area (Å²) in [5.74, 6) is -3.20. The molecular formula is C14H11F2N3O2S. The summed E-state index contributed by atoms with van der Waals surface area (Å²) in [6, 6.07) is 7.98. The fourth-order valence-corrected chi connectivity index (χ4v) is 2.41. The van der Waals surface area contributed by atoms with Crippen LogP contribution in [0.15, 0.2) is 35.4 Å². The molecule has 5 nitrogen and oxygen atoms in total. The fraction of sp³-hybridized carbons (Fsp3) is 0.143. The molecule has 1 heterocycles. The number of hydrogen-bond donors (Lipinski definition) is 1. The number of esters is 1. The van der Waals surface area contributed by atoms with Crippen molar-refractivity contribution in [3.8, 4) is 11.8 Å². The van der Waals surface area contributed by atoms with E-state index in [-0.39, 0.29) is 16.9 Å². The van der Waals surface area contributed by atoms with Gasteiger partial charge in [-0.3, -0.25) is 0 Å². The lowest BCUT2D eigenvalue weighted by molar-refractivity contribution is 0.0593. The first-order valence-corrected chi connectivity index (χ1v) is 6.90. The number of nitrogen functional groups attached to an aromatic ring is 1. The minimum atomic E-state index is -2.51. The monoisotopic (exact) mass is 323 g/mol. The number of alkyl halides is 2. The smallest absolute Gasteiger partial charge is 0.357 e. The Hall–Kier alpha value is -2.53. The molecule has 114 valence electrons. The second-order valence-corrected chi connectivity index (χ2v) is 5.21. The molecule has 0 fully saturated rings. The molecule has 0 amide bonds. The van der Waals surface area contributed by atoms with Gasteiger partial charge in [0.1, 0.15) is 6.07 Å². The molecule has 0 spiro atoms. The minimum Gasteiger partial charge on any atom is -0.464 e. The maximum absolute atomic E-state index is 12.3. The highest BCUT2D eigenvalue weighted by Crippen LogP contribution is 2.28. The van der Waals surface area contributed by atoms with Crippen molar-refractivity contribution >= 4 is 23.4 Å². The molecule has 2 N–H and O–H groups in total. The summed E-state index contributed by atoms with van der Waals surface area (Å²) in [5.41, 5.74) is 6.45. The number of carbonyl (C=O) groups excluding carboxylic acids is 1. The zero-order valence-corrected chi connectivity index (χ0v) is 12.2. The van der Waals surface area contributed by atoms with Crippen molar-refractivity contribution in [2.75, 3.05) is 12.8 Å². The molecule has 0 atom stereocenters. The van der Waals surface area contributed by atoms with Crippen molar-refractivity contribution < 1.29 is 18.3 Å². The van der Waals surface area contributed by atoms with E-state index in [0.717, 1.165) is 0 Å². The van der Waals surface area contributed by atoms with E-state index in [9.17, 15) is 13.6 Å². The summed E-state index contributed by atoms with van der Waals surface area (Å²) in [5, 5.41) is 9.02. The Bertz CT molecular complexity index is 736. The topological polar surface area (TPSA) is 81.0 Å². The molecule has 0 saturated heterocycles. The Morgan fingerprint density at radius 2 is 2.05 bits per heavy atom. The first-order chi connectivity index (χ1) is 10.5. The maximum Gasteiger partial charge on any atom is 0.357 e. The van der Waals surface area contributed by atoms with Crippen LogP contribution in [0.2, 0.25) is 0 Å². The number of halogens is 2. The Balaban J connectivity index is 2.48. The van der Waals surface area contributed by atoms with E-state index in [0.29, 0.717) is 22.3 Å². The first-order valence-electron chi connectivity index (χ1n) is 6.02. The highest BCUT2D eigenvalue weighted by Gasteiger charge is 2.21. The Morgan fingerprint density at radius 3 is 2.55 bits per heavy atom. The number of aromatic nitrogens is 1. The lowest BCUT2D eigenvalue weighted by atomic mass is 10.2. The second kappa shape index (κ2) is 6.49. The highest BCUT2D eigenvalue weighted by molar-refractivity contribution is 7.99. The molecule has 22 heavy (non-hydrogen) atoms. The second-order valence-electron chi connectivity index (χ2n) is 4.15. The molecule has 0 radical (unpaired) electrons. The summed E-state index contributed by atoms with van der Waals surface area (Å²) < 4.78 is 30.7. The van der Waals surface area contributed by atoms with Gasteiger partial charge in [0.05, 0.1) is 18.4 Å². The molecule has 2 aromatic rings. The largest absolute Gasteiger partial charge is 0.464 e. The zero-order chi connectivity index (χ0) is 16.3. The lowest BCUT2D eigenvalue weighted by Crippen LogP contribution is -2.11. The Kier molecular flexibility index (Phi) is 4.68. The summed E-state index contributed by atoms with van der Waals surface area (Å²) in [4.78, 5) is 12.2. The Morgan fingerprint density at radius 1 is 1.41 bits per heavy atom. The quantitative estimate of drug-likeness (QED) is 0.691. The summed E-state index contributed by atoms with van der Waals surface area (Å²) in [6.45, 7) is 0. The number of rotatable bonds is 4. The third kappa shape index (κ3) is 3.04. The molecule has 0 aliphatic carbocycles. The predicted molar refractivity (Wildman–Crippen MR) is 78.1 cm³/mol. The van der Waals surface area contributed by atoms with Crippen molar-refractivity contribution in [2.45, 2.75) is 10.7 Å². The number of thioether (sulfide) groups is 1. The summed E-state index contributed by atoms with van der Waals surface area (Å²) >= 11 is 0.419. The maximum atomic E-state index is 12.3. The van der Waals surface area contributed by atoms with E-state index >= 15 is 0 Å². The molecule has 0 bridgehead atoms. The molecular weight excluding hydrogens is 312 g/mol. The highest BCUT2D eigenvalue weighted by atomic mass is 32.2. The van der Waals surface area contributed by atoms with Gasteiger partial charge in [0, 0.05) is 16.8 Å². The third-order valence-electron chi connectivity index (χ3n) is 2.88. The van der Waals surface area contributed by atoms with Gasteiger partial charge < -0.3 is 15.0 Å². The van der Waals surface area contributed by atoms with E-state index in [2.05, 4.69) is 4.74 Å². The normalized spacial score (nSPS) is 10.5. The van der Waals surface area contributed by atoms with Crippen molar-refractivity contribution in [2.24, 2.45) is 0 Å². The van der Waals surface area contributed by atoms with Crippen LogP contribution in [-0.4, -0.2) is 23.4 Å². The number of nitrogens with two attached hydrogens (primary N) is 1. The Labute approximate surface area is 129 Å². The predicted octanol–water partition coefficient (Wildman–Crippen LogP) is 3.03. The number of anilines is 1. The van der Waals surface area contributed by atoms with Crippen LogP contribution in [0.5, 0.6) is 0 Å². The molecule has 0 saturated carbocycles. The van der Waals surface area contributed by atoms with Crippen LogP contribution < -0.4 is 5.73 Å². The molecule has 8 heteroatoms. The summed E-state index contributed by atoms with van der Waals surface area (Å²) in [6.07, 6.45) is 1.40. The van der Waals surface area contributed by atoms with Crippen LogP contribution in [0.4, 0.5) is 14.5 Å². The zero-order valence-electron chi connectivity index (χ0n) is 11.4. The van der Waals surface area contributed by atoms with E-state index in [4.69, 9.17) is 11.0 Å². The van der Waals surface area contributed by atoms with Crippen LogP contribution in [0, 0.1) is 11.3 Å². The van der Waals surface area contributed by atoms with Crippen LogP contribution >= 0.6 is 11.8 Å². The van der Waals surface area contributed by atoms with Gasteiger partial charge in [-0.1, -0.05) is 11.8 Å². The molecule has 1 aromatic heterocycles. The van der Waals surface area contributed by atoms with Crippen LogP contribution in [-0.2, 0) is 4.74 Å². The van der Waals surface area contributed by atoms with Crippen molar-refractivity contribution in [3.05, 3.63) is 41.7 Å². The SMILES string of the molecule is COC(=O)c1c(N)c(C#N)cn1-c1ccc(SC(F)F)cc1. The number of nitrogens with zero attached hydrogens (tertiary/aromatic N) is 2. The van der Waals surface area contributed by atoms with E-state index in [1.165, 1.54) is 30.0 Å². The van der Waals surface area contributed by atoms with Gasteiger partial charge in [-0.05, 0) is 24.3 Å². The lowest BCUT2D eigenvalue weighted by Gasteiger charge is -2.09. The number of carbonyl (C=O) groups is 1. The third-order valence-corrected chi connectivity index (χ3v) is 3.61. The number of nitriles is 1. The number of benzene rings is 1. The molecule has 0 unspecified atom stereocenters. The van der Waals surface area contributed by atoms with Crippen molar-refractivity contribution in [1.82, 2.24) is 4.57 Å². The minimum absolute atomic E-state index is 0.0142. The number of methoxy groups -OCH3 is 1. The molecule has 1 aromatic carbocycles. The van der Waals surface area contributed by atoms with E-state index in [1.807, 2.05) is 6.07 Å². The van der Waals surface area contributed by atoms with Crippen LogP contribution in [0.1, 0.15) is 16.1 Å². The van der Waals surface area contributed by atoms with Crippen molar-refractivity contribution in [3.63, 3.8) is 0 Å². The number of hydrogen-bond acceptors (Lipinski definition) is 5. The van der Waals surface area contributed by atoms with E-state index < -0.39 is 11.7 Å². The first kappa shape index (κ1) is 15.9. The van der Waals surface area contributed by atoms with E-state index in [1.54, 1.807) is 12.1 Å². The van der Waals surface area contributed by atoms with Crippen LogP contribution in [0.3, 0.4) is 0 Å². The molecule has 2 rings (SSSR count). The van der Waals surface area contributed by atoms with Gasteiger partial charge >= 0.3 is 5.97 Å². The number of ether oxygens (including phenoxy) is 1. The molecule has 0 aliphatic rings. The van der Waals surface area contributed by atoms with Gasteiger partial charge in [0.15, 0.2) is 5.69 Å². The van der Waals surface area contributed by atoms with Gasteiger partial charge in [-0.25, -0.2) is 4.79 Å². The molecule has 0 aliphatic heterocycles. The van der Waals surface area contributed by atoms with Crippen molar-refractivity contribution in [1.29, 1.82) is 5.26 Å². The average Bonchev–Trinajstić information content (AvgIpc) is 2.83. The average molecular weight is 323 g/mol. The van der Waals surface area contributed by atoms with Gasteiger partial charge in [0.2, 0.25) is 0 Å². The van der Waals surface area contributed by atoms with Gasteiger partial charge in [-0.15, -0.1) is 0 Å². The van der Waals surface area contributed by atoms with Gasteiger partial charge in [0.25, 0.3) is 5.76 Å². The standard InChI is InChI=1S/C14H11F2N3O2S/c1-21-13(20)12-11(18)8(6-17)7-19(12)9-2-4-10(5-3-9)22-14(15)16/h2-5,7,14H,18H2,1H3. The van der Waals surface area contributed by atoms with Gasteiger partial charge in [-0.2, -0.15) is 14.0 Å². The summed E-state index contributed by atoms with van der Waals surface area (Å²) in [7, 11) is 1.20.